The van der Waals surface area contributed by atoms with E-state index in [1.165, 1.54) is 0 Å². The first-order valence-electron chi connectivity index (χ1n) is 8.81. The summed E-state index contributed by atoms with van der Waals surface area (Å²) in [5, 5.41) is 15.6. The summed E-state index contributed by atoms with van der Waals surface area (Å²) < 4.78 is 0. The minimum atomic E-state index is -0.0740. The zero-order valence-corrected chi connectivity index (χ0v) is 15.3. The summed E-state index contributed by atoms with van der Waals surface area (Å²) in [6.07, 6.45) is 0.568. The first-order chi connectivity index (χ1) is 12.0. The van der Waals surface area contributed by atoms with Gasteiger partial charge in [-0.2, -0.15) is 0 Å². The van der Waals surface area contributed by atoms with Gasteiger partial charge in [0.15, 0.2) is 0 Å². The molecule has 0 aliphatic heterocycles. The van der Waals surface area contributed by atoms with Crippen molar-refractivity contribution in [3.63, 3.8) is 0 Å². The van der Waals surface area contributed by atoms with Gasteiger partial charge < -0.3 is 15.7 Å². The minimum Gasteiger partial charge on any atom is -0.396 e. The second kappa shape index (κ2) is 9.35. The van der Waals surface area contributed by atoms with Crippen LogP contribution in [0.25, 0.3) is 0 Å². The van der Waals surface area contributed by atoms with E-state index in [2.05, 4.69) is 30.5 Å². The molecule has 0 spiro atoms. The Labute approximate surface area is 150 Å². The molecule has 2 aromatic rings. The molecule has 0 saturated heterocycles. The van der Waals surface area contributed by atoms with Crippen LogP contribution in [0.5, 0.6) is 0 Å². The van der Waals surface area contributed by atoms with Gasteiger partial charge >= 0.3 is 0 Å². The van der Waals surface area contributed by atoms with Gasteiger partial charge in [0, 0.05) is 18.3 Å². The van der Waals surface area contributed by atoms with E-state index >= 15 is 0 Å². The molecule has 134 valence electrons. The first kappa shape index (κ1) is 19.2. The minimum absolute atomic E-state index is 0.0432. The molecule has 1 unspecified atom stereocenters. The number of nitrogens with one attached hydrogen (secondary N) is 2. The smallest absolute Gasteiger partial charge is 0.238 e. The molecule has 3 N–H and O–H groups in total. The van der Waals surface area contributed by atoms with Crippen molar-refractivity contribution in [2.75, 3.05) is 18.5 Å². The summed E-state index contributed by atoms with van der Waals surface area (Å²) in [7, 11) is 0. The molecule has 2 rings (SSSR count). The summed E-state index contributed by atoms with van der Waals surface area (Å²) in [6, 6.07) is 15.9. The van der Waals surface area contributed by atoms with Crippen LogP contribution in [0.3, 0.4) is 0 Å². The van der Waals surface area contributed by atoms with Gasteiger partial charge in [-0.3, -0.25) is 4.79 Å². The topological polar surface area (TPSA) is 61.4 Å². The third kappa shape index (κ3) is 5.41. The highest BCUT2D eigenvalue weighted by Crippen LogP contribution is 2.27. The molecule has 0 heterocycles. The average molecular weight is 340 g/mol. The van der Waals surface area contributed by atoms with E-state index in [-0.39, 0.29) is 25.1 Å². The maximum Gasteiger partial charge on any atom is 0.238 e. The monoisotopic (exact) mass is 340 g/mol. The van der Waals surface area contributed by atoms with Crippen LogP contribution in [-0.2, 0) is 4.79 Å². The van der Waals surface area contributed by atoms with Gasteiger partial charge in [-0.15, -0.1) is 0 Å². The van der Waals surface area contributed by atoms with E-state index in [0.717, 1.165) is 22.4 Å². The Morgan fingerprint density at radius 1 is 1.08 bits per heavy atom. The zero-order valence-electron chi connectivity index (χ0n) is 15.3. The number of hydrogen-bond donors (Lipinski definition) is 3. The Morgan fingerprint density at radius 3 is 2.44 bits per heavy atom. The number of amides is 1. The number of aryl methyl sites for hydroxylation is 1. The number of anilines is 1. The lowest BCUT2D eigenvalue weighted by atomic mass is 9.98. The van der Waals surface area contributed by atoms with Crippen LogP contribution in [0.15, 0.2) is 48.5 Å². The van der Waals surface area contributed by atoms with Crippen LogP contribution in [-0.4, -0.2) is 24.2 Å². The van der Waals surface area contributed by atoms with Crippen molar-refractivity contribution >= 4 is 11.6 Å². The third-order valence-corrected chi connectivity index (χ3v) is 4.32. The molecule has 0 fully saturated rings. The highest BCUT2D eigenvalue weighted by molar-refractivity contribution is 5.94. The van der Waals surface area contributed by atoms with Crippen LogP contribution in [0.4, 0.5) is 5.69 Å². The summed E-state index contributed by atoms with van der Waals surface area (Å²) in [4.78, 5) is 12.4. The van der Waals surface area contributed by atoms with Crippen LogP contribution in [0, 0.1) is 6.92 Å². The molecule has 0 aliphatic rings. The number of aliphatic hydroxyl groups excluding tert-OH is 1. The standard InChI is InChI=1S/C21H28N2O2/c1-15(2)18-11-7-8-16(3)21(18)23-20(25)14-22-19(12-13-24)17-9-5-4-6-10-17/h4-11,15,19,22,24H,12-14H2,1-3H3,(H,23,25). The second-order valence-electron chi connectivity index (χ2n) is 6.60. The van der Waals surface area contributed by atoms with Crippen molar-refractivity contribution in [2.24, 2.45) is 0 Å². The van der Waals surface area contributed by atoms with Gasteiger partial charge in [0.25, 0.3) is 0 Å². The largest absolute Gasteiger partial charge is 0.396 e. The lowest BCUT2D eigenvalue weighted by Crippen LogP contribution is -2.32. The third-order valence-electron chi connectivity index (χ3n) is 4.32. The SMILES string of the molecule is Cc1cccc(C(C)C)c1NC(=O)CNC(CCO)c1ccccc1. The van der Waals surface area contributed by atoms with Crippen LogP contribution >= 0.6 is 0 Å². The molecule has 0 aliphatic carbocycles. The quantitative estimate of drug-likeness (QED) is 0.685. The summed E-state index contributed by atoms with van der Waals surface area (Å²) >= 11 is 0. The molecule has 0 aromatic heterocycles. The van der Waals surface area contributed by atoms with Crippen LogP contribution in [0.1, 0.15) is 48.9 Å². The highest BCUT2D eigenvalue weighted by Gasteiger charge is 2.15. The fourth-order valence-electron chi connectivity index (χ4n) is 2.94. The lowest BCUT2D eigenvalue weighted by Gasteiger charge is -2.20. The molecule has 4 heteroatoms. The average Bonchev–Trinajstić information content (AvgIpc) is 2.61. The van der Waals surface area contributed by atoms with E-state index in [9.17, 15) is 9.90 Å². The number of hydrogen-bond acceptors (Lipinski definition) is 3. The van der Waals surface area contributed by atoms with E-state index in [1.54, 1.807) is 0 Å². The molecule has 0 saturated carbocycles. The summed E-state index contributed by atoms with van der Waals surface area (Å²) in [6.45, 7) is 6.52. The van der Waals surface area contributed by atoms with Gasteiger partial charge in [0.05, 0.1) is 6.54 Å². The van der Waals surface area contributed by atoms with E-state index < -0.39 is 0 Å². The van der Waals surface area contributed by atoms with Gasteiger partial charge in [-0.1, -0.05) is 62.4 Å². The van der Waals surface area contributed by atoms with Crippen molar-refractivity contribution in [2.45, 2.75) is 39.2 Å². The molecule has 0 bridgehead atoms. The molecular formula is C21H28N2O2. The number of carbonyl (C=O) groups is 1. The van der Waals surface area contributed by atoms with Crippen molar-refractivity contribution in [1.29, 1.82) is 0 Å². The first-order valence-corrected chi connectivity index (χ1v) is 8.81. The summed E-state index contributed by atoms with van der Waals surface area (Å²) in [5.41, 5.74) is 4.18. The van der Waals surface area contributed by atoms with Crippen LogP contribution < -0.4 is 10.6 Å². The number of benzene rings is 2. The number of para-hydroxylation sites is 1. The number of rotatable bonds is 8. The molecule has 1 atom stereocenters. The van der Waals surface area contributed by atoms with Crippen LogP contribution in [0.2, 0.25) is 0 Å². The Morgan fingerprint density at radius 2 is 1.80 bits per heavy atom. The second-order valence-corrected chi connectivity index (χ2v) is 6.60. The highest BCUT2D eigenvalue weighted by atomic mass is 16.3. The fourth-order valence-corrected chi connectivity index (χ4v) is 2.94. The predicted molar refractivity (Wildman–Crippen MR) is 103 cm³/mol. The van der Waals surface area contributed by atoms with Gasteiger partial charge in [-0.05, 0) is 36.0 Å². The maximum atomic E-state index is 12.4. The molecule has 2 aromatic carbocycles. The normalized spacial score (nSPS) is 12.2. The molecular weight excluding hydrogens is 312 g/mol. The molecule has 0 radical (unpaired) electrons. The zero-order chi connectivity index (χ0) is 18.2. The maximum absolute atomic E-state index is 12.4. The van der Waals surface area contributed by atoms with Gasteiger partial charge in [0.2, 0.25) is 5.91 Å². The van der Waals surface area contributed by atoms with Gasteiger partial charge in [-0.25, -0.2) is 0 Å². The Kier molecular flexibility index (Phi) is 7.16. The predicted octanol–water partition coefficient (Wildman–Crippen LogP) is 3.77. The van der Waals surface area contributed by atoms with Crippen molar-refractivity contribution in [1.82, 2.24) is 5.32 Å². The molecule has 4 nitrogen and oxygen atoms in total. The van der Waals surface area contributed by atoms with Gasteiger partial charge in [0.1, 0.15) is 0 Å². The molecule has 25 heavy (non-hydrogen) atoms. The fraction of sp³-hybridized carbons (Fsp3) is 0.381. The summed E-state index contributed by atoms with van der Waals surface area (Å²) in [5.74, 6) is 0.268. The van der Waals surface area contributed by atoms with E-state index in [4.69, 9.17) is 0 Å². The van der Waals surface area contributed by atoms with Crippen molar-refractivity contribution in [3.8, 4) is 0 Å². The number of aliphatic hydroxyl groups is 1. The number of carbonyl (C=O) groups excluding carboxylic acids is 1. The Balaban J connectivity index is 2.03. The Hall–Kier alpha value is -2.17. The Bertz CT molecular complexity index is 684. The van der Waals surface area contributed by atoms with E-state index in [0.29, 0.717) is 12.3 Å². The van der Waals surface area contributed by atoms with Crippen molar-refractivity contribution in [3.05, 3.63) is 65.2 Å². The van der Waals surface area contributed by atoms with Crippen molar-refractivity contribution < 1.29 is 9.90 Å². The van der Waals surface area contributed by atoms with E-state index in [1.807, 2.05) is 49.4 Å². The molecule has 1 amide bonds. The lowest BCUT2D eigenvalue weighted by molar-refractivity contribution is -0.115.